The Bertz CT molecular complexity index is 572. The van der Waals surface area contributed by atoms with E-state index in [-0.39, 0.29) is 18.0 Å². The van der Waals surface area contributed by atoms with Crippen molar-refractivity contribution in [1.29, 1.82) is 5.26 Å². The molecule has 0 aromatic heterocycles. The zero-order chi connectivity index (χ0) is 15.2. The summed E-state index contributed by atoms with van der Waals surface area (Å²) in [5, 5.41) is 11.8. The van der Waals surface area contributed by atoms with E-state index in [9.17, 15) is 9.59 Å². The van der Waals surface area contributed by atoms with Gasteiger partial charge in [0, 0.05) is 24.7 Å². The Morgan fingerprint density at radius 3 is 2.71 bits per heavy atom. The van der Waals surface area contributed by atoms with Crippen LogP contribution < -0.4 is 5.32 Å². The molecule has 0 aliphatic carbocycles. The number of methoxy groups -OCH3 is 1. The van der Waals surface area contributed by atoms with E-state index in [1.54, 1.807) is 29.2 Å². The number of piperidine rings is 1. The second-order valence-corrected chi connectivity index (χ2v) is 4.90. The first-order valence-corrected chi connectivity index (χ1v) is 6.78. The van der Waals surface area contributed by atoms with E-state index in [1.807, 2.05) is 6.07 Å². The molecule has 1 aromatic carbocycles. The summed E-state index contributed by atoms with van der Waals surface area (Å²) in [4.78, 5) is 25.1. The lowest BCUT2D eigenvalue weighted by molar-refractivity contribution is 0.0892. The standard InChI is InChI=1S/C15H17N3O3/c1-21-15(20)18-7-5-13(6-8-18)17-14(19)12-4-2-3-11(9-12)10-16/h2-4,9,13H,5-8H2,1H3,(H,17,19). The van der Waals surface area contributed by atoms with Crippen LogP contribution in [0.3, 0.4) is 0 Å². The van der Waals surface area contributed by atoms with E-state index < -0.39 is 0 Å². The molecule has 6 heteroatoms. The maximum absolute atomic E-state index is 12.1. The Kier molecular flexibility index (Phi) is 4.77. The predicted octanol–water partition coefficient (Wildman–Crippen LogP) is 1.52. The highest BCUT2D eigenvalue weighted by atomic mass is 16.5. The van der Waals surface area contributed by atoms with Crippen molar-refractivity contribution in [3.8, 4) is 6.07 Å². The first kappa shape index (κ1) is 14.9. The number of carbonyl (C=O) groups excluding carboxylic acids is 2. The van der Waals surface area contributed by atoms with Gasteiger partial charge in [0.15, 0.2) is 0 Å². The van der Waals surface area contributed by atoms with Gasteiger partial charge in [-0.1, -0.05) is 6.07 Å². The van der Waals surface area contributed by atoms with Crippen LogP contribution in [0.2, 0.25) is 0 Å². The molecule has 1 fully saturated rings. The summed E-state index contributed by atoms with van der Waals surface area (Å²) >= 11 is 0. The molecule has 1 N–H and O–H groups in total. The summed E-state index contributed by atoms with van der Waals surface area (Å²) in [7, 11) is 1.36. The number of rotatable bonds is 2. The SMILES string of the molecule is COC(=O)N1CCC(NC(=O)c2cccc(C#N)c2)CC1. The molecule has 110 valence electrons. The minimum absolute atomic E-state index is 0.0316. The molecule has 1 aliphatic rings. The van der Waals surface area contributed by atoms with E-state index in [0.29, 0.717) is 37.1 Å². The van der Waals surface area contributed by atoms with Gasteiger partial charge in [-0.05, 0) is 31.0 Å². The monoisotopic (exact) mass is 287 g/mol. The van der Waals surface area contributed by atoms with E-state index in [0.717, 1.165) is 0 Å². The van der Waals surface area contributed by atoms with E-state index in [1.165, 1.54) is 7.11 Å². The summed E-state index contributed by atoms with van der Waals surface area (Å²) in [6.45, 7) is 1.13. The molecule has 0 unspecified atom stereocenters. The number of hydrogen-bond donors (Lipinski definition) is 1. The largest absolute Gasteiger partial charge is 0.453 e. The van der Waals surface area contributed by atoms with Crippen molar-refractivity contribution in [2.75, 3.05) is 20.2 Å². The number of amides is 2. The fourth-order valence-electron chi connectivity index (χ4n) is 2.33. The summed E-state index contributed by atoms with van der Waals surface area (Å²) in [6.07, 6.45) is 1.05. The number of likely N-dealkylation sites (tertiary alicyclic amines) is 1. The molecular formula is C15H17N3O3. The van der Waals surface area contributed by atoms with Crippen molar-refractivity contribution in [1.82, 2.24) is 10.2 Å². The van der Waals surface area contributed by atoms with Gasteiger partial charge in [-0.3, -0.25) is 4.79 Å². The molecule has 0 atom stereocenters. The normalized spacial score (nSPS) is 15.1. The van der Waals surface area contributed by atoms with Crippen molar-refractivity contribution in [2.24, 2.45) is 0 Å². The topological polar surface area (TPSA) is 82.4 Å². The molecule has 0 radical (unpaired) electrons. The zero-order valence-electron chi connectivity index (χ0n) is 11.8. The molecule has 2 amide bonds. The van der Waals surface area contributed by atoms with Crippen molar-refractivity contribution in [3.63, 3.8) is 0 Å². The van der Waals surface area contributed by atoms with Crippen LogP contribution in [0.25, 0.3) is 0 Å². The second kappa shape index (κ2) is 6.75. The van der Waals surface area contributed by atoms with Crippen LogP contribution in [-0.2, 0) is 4.74 Å². The van der Waals surface area contributed by atoms with E-state index in [4.69, 9.17) is 5.26 Å². The molecule has 0 bridgehead atoms. The van der Waals surface area contributed by atoms with Gasteiger partial charge in [-0.15, -0.1) is 0 Å². The van der Waals surface area contributed by atoms with E-state index in [2.05, 4.69) is 10.1 Å². The Balaban J connectivity index is 1.90. The van der Waals surface area contributed by atoms with Gasteiger partial charge in [0.2, 0.25) is 0 Å². The third-order valence-corrected chi connectivity index (χ3v) is 3.52. The Morgan fingerprint density at radius 2 is 2.10 bits per heavy atom. The highest BCUT2D eigenvalue weighted by Gasteiger charge is 2.24. The summed E-state index contributed by atoms with van der Waals surface area (Å²) < 4.78 is 4.67. The van der Waals surface area contributed by atoms with Crippen LogP contribution in [-0.4, -0.2) is 43.1 Å². The number of benzene rings is 1. The third kappa shape index (κ3) is 3.72. The molecular weight excluding hydrogens is 270 g/mol. The molecule has 2 rings (SSSR count). The van der Waals surface area contributed by atoms with Gasteiger partial charge in [-0.2, -0.15) is 5.26 Å². The minimum Gasteiger partial charge on any atom is -0.453 e. The molecule has 1 saturated heterocycles. The van der Waals surface area contributed by atoms with E-state index >= 15 is 0 Å². The van der Waals surface area contributed by atoms with Gasteiger partial charge in [0.1, 0.15) is 0 Å². The average Bonchev–Trinajstić information content (AvgIpc) is 2.54. The van der Waals surface area contributed by atoms with Gasteiger partial charge in [0.25, 0.3) is 5.91 Å². The second-order valence-electron chi connectivity index (χ2n) is 4.90. The minimum atomic E-state index is -0.332. The Morgan fingerprint density at radius 1 is 1.38 bits per heavy atom. The average molecular weight is 287 g/mol. The lowest BCUT2D eigenvalue weighted by atomic mass is 10.0. The number of nitrogens with one attached hydrogen (secondary N) is 1. The lowest BCUT2D eigenvalue weighted by Crippen LogP contribution is -2.46. The fraction of sp³-hybridized carbons (Fsp3) is 0.400. The van der Waals surface area contributed by atoms with Crippen LogP contribution in [0.15, 0.2) is 24.3 Å². The first-order chi connectivity index (χ1) is 10.1. The molecule has 1 heterocycles. The molecule has 0 spiro atoms. The van der Waals surface area contributed by atoms with Crippen LogP contribution in [0.5, 0.6) is 0 Å². The highest BCUT2D eigenvalue weighted by molar-refractivity contribution is 5.94. The molecule has 6 nitrogen and oxygen atoms in total. The number of nitriles is 1. The van der Waals surface area contributed by atoms with Crippen molar-refractivity contribution >= 4 is 12.0 Å². The Labute approximate surface area is 123 Å². The van der Waals surface area contributed by atoms with Crippen molar-refractivity contribution < 1.29 is 14.3 Å². The number of hydrogen-bond acceptors (Lipinski definition) is 4. The van der Waals surface area contributed by atoms with Crippen LogP contribution in [0, 0.1) is 11.3 Å². The van der Waals surface area contributed by atoms with Crippen LogP contribution in [0.1, 0.15) is 28.8 Å². The molecule has 1 aliphatic heterocycles. The number of ether oxygens (including phenoxy) is 1. The lowest BCUT2D eigenvalue weighted by Gasteiger charge is -2.31. The summed E-state index contributed by atoms with van der Waals surface area (Å²) in [6, 6.07) is 8.64. The van der Waals surface area contributed by atoms with Gasteiger partial charge >= 0.3 is 6.09 Å². The maximum Gasteiger partial charge on any atom is 0.409 e. The zero-order valence-corrected chi connectivity index (χ0v) is 11.8. The molecule has 1 aromatic rings. The predicted molar refractivity (Wildman–Crippen MR) is 75.6 cm³/mol. The first-order valence-electron chi connectivity index (χ1n) is 6.78. The van der Waals surface area contributed by atoms with Crippen molar-refractivity contribution in [2.45, 2.75) is 18.9 Å². The maximum atomic E-state index is 12.1. The fourth-order valence-corrected chi connectivity index (χ4v) is 2.33. The smallest absolute Gasteiger partial charge is 0.409 e. The number of carbonyl (C=O) groups is 2. The van der Waals surface area contributed by atoms with Gasteiger partial charge < -0.3 is 15.0 Å². The summed E-state index contributed by atoms with van der Waals surface area (Å²) in [5.74, 6) is -0.191. The van der Waals surface area contributed by atoms with Crippen molar-refractivity contribution in [3.05, 3.63) is 35.4 Å². The third-order valence-electron chi connectivity index (χ3n) is 3.52. The van der Waals surface area contributed by atoms with Crippen LogP contribution >= 0.6 is 0 Å². The quantitative estimate of drug-likeness (QED) is 0.894. The van der Waals surface area contributed by atoms with Crippen LogP contribution in [0.4, 0.5) is 4.79 Å². The molecule has 21 heavy (non-hydrogen) atoms. The summed E-state index contributed by atoms with van der Waals surface area (Å²) in [5.41, 5.74) is 0.938. The van der Waals surface area contributed by atoms with Gasteiger partial charge in [-0.25, -0.2) is 4.79 Å². The molecule has 0 saturated carbocycles. The van der Waals surface area contributed by atoms with Gasteiger partial charge in [0.05, 0.1) is 18.7 Å². The highest BCUT2D eigenvalue weighted by Crippen LogP contribution is 2.12. The number of nitrogens with zero attached hydrogens (tertiary/aromatic N) is 2. The Hall–Kier alpha value is -2.55.